The van der Waals surface area contributed by atoms with Gasteiger partial charge in [0.1, 0.15) is 0 Å². The lowest BCUT2D eigenvalue weighted by Crippen LogP contribution is -2.32. The van der Waals surface area contributed by atoms with Crippen LogP contribution in [0.1, 0.15) is 37.9 Å². The Morgan fingerprint density at radius 2 is 1.88 bits per heavy atom. The summed E-state index contributed by atoms with van der Waals surface area (Å²) in [6, 6.07) is 9.14. The van der Waals surface area contributed by atoms with Crippen LogP contribution in [0.4, 0.5) is 0 Å². The Morgan fingerprint density at radius 3 is 2.71 bits per heavy atom. The molecule has 3 rings (SSSR count). The van der Waals surface area contributed by atoms with E-state index in [4.69, 9.17) is 0 Å². The third kappa shape index (κ3) is 1.98. The van der Waals surface area contributed by atoms with E-state index < -0.39 is 0 Å². The van der Waals surface area contributed by atoms with E-state index in [1.807, 2.05) is 0 Å². The van der Waals surface area contributed by atoms with Gasteiger partial charge in [-0.15, -0.1) is 0 Å². The van der Waals surface area contributed by atoms with E-state index in [1.165, 1.54) is 48.8 Å². The molecule has 0 saturated carbocycles. The van der Waals surface area contributed by atoms with Gasteiger partial charge in [-0.2, -0.15) is 0 Å². The second kappa shape index (κ2) is 4.53. The van der Waals surface area contributed by atoms with E-state index >= 15 is 0 Å². The minimum absolute atomic E-state index is 0.509. The van der Waals surface area contributed by atoms with Crippen LogP contribution >= 0.6 is 0 Å². The number of H-pyrrole nitrogens is 1. The third-order valence-electron chi connectivity index (χ3n) is 3.99. The molecule has 2 heteroatoms. The van der Waals surface area contributed by atoms with Crippen molar-refractivity contribution in [2.24, 2.45) is 0 Å². The first-order chi connectivity index (χ1) is 8.36. The summed E-state index contributed by atoms with van der Waals surface area (Å²) in [6.07, 6.45) is 6.23. The average molecular weight is 228 g/mol. The van der Waals surface area contributed by atoms with Crippen molar-refractivity contribution in [2.75, 3.05) is 13.1 Å². The van der Waals surface area contributed by atoms with Gasteiger partial charge in [-0.1, -0.05) is 30.7 Å². The zero-order valence-electron chi connectivity index (χ0n) is 10.4. The molecule has 0 amide bonds. The largest absolute Gasteiger partial charge is 0.363 e. The Hall–Kier alpha value is -1.28. The molecule has 1 fully saturated rings. The molecule has 1 aromatic carbocycles. The van der Waals surface area contributed by atoms with Gasteiger partial charge in [0, 0.05) is 23.3 Å². The van der Waals surface area contributed by atoms with E-state index in [2.05, 4.69) is 47.3 Å². The maximum Gasteiger partial charge on any atom is 0.0476 e. The van der Waals surface area contributed by atoms with Crippen molar-refractivity contribution in [1.82, 2.24) is 9.88 Å². The zero-order valence-corrected chi connectivity index (χ0v) is 10.4. The Kier molecular flexibility index (Phi) is 2.89. The molecule has 2 aromatic rings. The highest BCUT2D eigenvalue weighted by Gasteiger charge is 2.20. The lowest BCUT2D eigenvalue weighted by atomic mass is 10.0. The quantitative estimate of drug-likeness (QED) is 0.830. The number of nitrogens with one attached hydrogen (secondary N) is 1. The first-order valence-electron chi connectivity index (χ1n) is 6.66. The van der Waals surface area contributed by atoms with E-state index in [0.717, 1.165) is 0 Å². The first kappa shape index (κ1) is 10.8. The summed E-state index contributed by atoms with van der Waals surface area (Å²) in [4.78, 5) is 6.07. The van der Waals surface area contributed by atoms with Crippen molar-refractivity contribution < 1.29 is 0 Å². The molecule has 0 spiro atoms. The summed E-state index contributed by atoms with van der Waals surface area (Å²) in [6.45, 7) is 4.81. The molecule has 0 bridgehead atoms. The minimum Gasteiger partial charge on any atom is -0.363 e. The van der Waals surface area contributed by atoms with Crippen molar-refractivity contribution in [3.05, 3.63) is 36.2 Å². The van der Waals surface area contributed by atoms with E-state index in [9.17, 15) is 0 Å². The fourth-order valence-electron chi connectivity index (χ4n) is 2.94. The smallest absolute Gasteiger partial charge is 0.0476 e. The van der Waals surface area contributed by atoms with Crippen molar-refractivity contribution >= 4 is 10.8 Å². The average Bonchev–Trinajstić information content (AvgIpc) is 2.83. The zero-order chi connectivity index (χ0) is 11.7. The number of aromatic amines is 1. The normalized spacial score (nSPS) is 19.6. The van der Waals surface area contributed by atoms with Crippen LogP contribution in [0.25, 0.3) is 10.8 Å². The van der Waals surface area contributed by atoms with E-state index in [-0.39, 0.29) is 0 Å². The highest BCUT2D eigenvalue weighted by atomic mass is 15.2. The molecular formula is C15H20N2. The number of hydrogen-bond acceptors (Lipinski definition) is 1. The second-order valence-corrected chi connectivity index (χ2v) is 5.06. The highest BCUT2D eigenvalue weighted by molar-refractivity contribution is 5.85. The number of aromatic nitrogens is 1. The lowest BCUT2D eigenvalue weighted by Gasteiger charge is -2.32. The summed E-state index contributed by atoms with van der Waals surface area (Å²) in [5.74, 6) is 0. The fourth-order valence-corrected chi connectivity index (χ4v) is 2.94. The summed E-state index contributed by atoms with van der Waals surface area (Å²) in [5, 5.41) is 2.71. The van der Waals surface area contributed by atoms with Crippen molar-refractivity contribution in [2.45, 2.75) is 32.2 Å². The standard InChI is InChI=1S/C15H20N2/c1-12(17-9-5-2-6-10-17)15-14-8-4-3-7-13(14)11-16-15/h3-4,7-8,11-12,16H,2,5-6,9-10H2,1H3. The number of fused-ring (bicyclic) bond motifs is 1. The van der Waals surface area contributed by atoms with Gasteiger partial charge in [0.25, 0.3) is 0 Å². The Morgan fingerprint density at radius 1 is 1.12 bits per heavy atom. The maximum absolute atomic E-state index is 3.47. The van der Waals surface area contributed by atoms with Crippen LogP contribution in [0, 0.1) is 0 Å². The van der Waals surface area contributed by atoms with Crippen LogP contribution in [-0.4, -0.2) is 23.0 Å². The van der Waals surface area contributed by atoms with Crippen molar-refractivity contribution in [3.8, 4) is 0 Å². The molecule has 1 atom stereocenters. The lowest BCUT2D eigenvalue weighted by molar-refractivity contribution is 0.173. The van der Waals surface area contributed by atoms with Gasteiger partial charge in [0.2, 0.25) is 0 Å². The number of hydrogen-bond donors (Lipinski definition) is 1. The number of rotatable bonds is 2. The molecule has 1 aliphatic rings. The van der Waals surface area contributed by atoms with Crippen LogP contribution in [0.2, 0.25) is 0 Å². The molecule has 17 heavy (non-hydrogen) atoms. The van der Waals surface area contributed by atoms with Gasteiger partial charge in [-0.3, -0.25) is 4.90 Å². The van der Waals surface area contributed by atoms with Crippen molar-refractivity contribution in [3.63, 3.8) is 0 Å². The molecule has 1 aromatic heterocycles. The number of nitrogens with zero attached hydrogens (tertiary/aromatic N) is 1. The molecule has 2 heterocycles. The minimum atomic E-state index is 0.509. The first-order valence-corrected chi connectivity index (χ1v) is 6.66. The molecule has 1 saturated heterocycles. The molecule has 2 nitrogen and oxygen atoms in total. The maximum atomic E-state index is 3.47. The van der Waals surface area contributed by atoms with Crippen LogP contribution in [0.15, 0.2) is 30.5 Å². The van der Waals surface area contributed by atoms with Gasteiger partial charge >= 0.3 is 0 Å². The van der Waals surface area contributed by atoms with Crippen LogP contribution in [0.5, 0.6) is 0 Å². The molecule has 0 radical (unpaired) electrons. The van der Waals surface area contributed by atoms with Gasteiger partial charge in [-0.25, -0.2) is 0 Å². The Bertz CT molecular complexity index is 494. The fraction of sp³-hybridized carbons (Fsp3) is 0.467. The van der Waals surface area contributed by atoms with Crippen LogP contribution in [0.3, 0.4) is 0 Å². The predicted molar refractivity (Wildman–Crippen MR) is 72.1 cm³/mol. The van der Waals surface area contributed by atoms with Gasteiger partial charge in [0.05, 0.1) is 0 Å². The number of likely N-dealkylation sites (tertiary alicyclic amines) is 1. The van der Waals surface area contributed by atoms with Crippen molar-refractivity contribution in [1.29, 1.82) is 0 Å². The molecule has 0 aliphatic carbocycles. The third-order valence-corrected chi connectivity index (χ3v) is 3.99. The molecular weight excluding hydrogens is 208 g/mol. The monoisotopic (exact) mass is 228 g/mol. The second-order valence-electron chi connectivity index (χ2n) is 5.06. The van der Waals surface area contributed by atoms with Crippen LogP contribution in [-0.2, 0) is 0 Å². The van der Waals surface area contributed by atoms with Crippen LogP contribution < -0.4 is 0 Å². The van der Waals surface area contributed by atoms with E-state index in [0.29, 0.717) is 6.04 Å². The predicted octanol–water partition coefficient (Wildman–Crippen LogP) is 3.71. The van der Waals surface area contributed by atoms with Gasteiger partial charge in [0.15, 0.2) is 0 Å². The van der Waals surface area contributed by atoms with Gasteiger partial charge < -0.3 is 4.98 Å². The Balaban J connectivity index is 1.92. The van der Waals surface area contributed by atoms with Gasteiger partial charge in [-0.05, 0) is 38.2 Å². The number of benzene rings is 1. The summed E-state index contributed by atoms with van der Waals surface area (Å²) in [7, 11) is 0. The van der Waals surface area contributed by atoms with E-state index in [1.54, 1.807) is 0 Å². The summed E-state index contributed by atoms with van der Waals surface area (Å²) in [5.41, 5.74) is 1.38. The molecule has 1 unspecified atom stereocenters. The Labute approximate surface area is 103 Å². The molecule has 1 N–H and O–H groups in total. The molecule has 90 valence electrons. The topological polar surface area (TPSA) is 19.0 Å². The summed E-state index contributed by atoms with van der Waals surface area (Å²) >= 11 is 0. The number of piperidine rings is 1. The SMILES string of the molecule is CC(c1[nH]cc2ccccc12)N1CCCCC1. The molecule has 1 aliphatic heterocycles. The highest BCUT2D eigenvalue weighted by Crippen LogP contribution is 2.28. The summed E-state index contributed by atoms with van der Waals surface area (Å²) < 4.78 is 0.